The molecule has 1 aliphatic rings. The number of aromatic nitrogens is 2. The number of hydrogen-bond donors (Lipinski definition) is 1. The number of hydrogen-bond acceptors (Lipinski definition) is 4. The average Bonchev–Trinajstić information content (AvgIpc) is 2.85. The van der Waals surface area contributed by atoms with Gasteiger partial charge in [-0.15, -0.1) is 0 Å². The number of amides is 1. The molecule has 136 valence electrons. The summed E-state index contributed by atoms with van der Waals surface area (Å²) in [4.78, 5) is 17.0. The largest absolute Gasteiger partial charge is 0.352 e. The lowest BCUT2D eigenvalue weighted by Gasteiger charge is -2.29. The maximum atomic E-state index is 12.6. The van der Waals surface area contributed by atoms with Crippen molar-refractivity contribution >= 4 is 26.8 Å². The van der Waals surface area contributed by atoms with Crippen molar-refractivity contribution < 1.29 is 13.2 Å². The van der Waals surface area contributed by atoms with Crippen molar-refractivity contribution in [3.63, 3.8) is 0 Å². The molecule has 2 aromatic rings. The number of carbonyl (C=O) groups is 1. The van der Waals surface area contributed by atoms with Crippen LogP contribution >= 0.6 is 0 Å². The van der Waals surface area contributed by atoms with E-state index in [9.17, 15) is 13.2 Å². The van der Waals surface area contributed by atoms with Gasteiger partial charge in [0.1, 0.15) is 18.1 Å². The molecule has 25 heavy (non-hydrogen) atoms. The summed E-state index contributed by atoms with van der Waals surface area (Å²) in [5, 5.41) is 3.12. The number of imidazole rings is 1. The highest BCUT2D eigenvalue weighted by Gasteiger charge is 2.24. The normalized spacial score (nSPS) is 21.4. The molecule has 1 saturated carbocycles. The van der Waals surface area contributed by atoms with Crippen LogP contribution in [0.3, 0.4) is 0 Å². The van der Waals surface area contributed by atoms with E-state index < -0.39 is 9.84 Å². The van der Waals surface area contributed by atoms with Gasteiger partial charge in [-0.05, 0) is 30.9 Å². The number of benzene rings is 1. The molecule has 0 aliphatic heterocycles. The number of nitrogens with zero attached hydrogens (tertiary/aromatic N) is 2. The molecule has 1 heterocycles. The lowest BCUT2D eigenvalue weighted by Crippen LogP contribution is -2.42. The lowest BCUT2D eigenvalue weighted by atomic mass is 9.86. The van der Waals surface area contributed by atoms with Gasteiger partial charge < -0.3 is 9.88 Å². The smallest absolute Gasteiger partial charge is 0.240 e. The molecular weight excluding hydrogens is 338 g/mol. The van der Waals surface area contributed by atoms with Crippen LogP contribution in [0.4, 0.5) is 0 Å². The Hall–Kier alpha value is -1.89. The minimum absolute atomic E-state index is 0.0864. The Kier molecular flexibility index (Phi) is 5.13. The Balaban J connectivity index is 1.83. The third kappa shape index (κ3) is 4.39. The van der Waals surface area contributed by atoms with Crippen molar-refractivity contribution in [2.75, 3.05) is 6.26 Å². The zero-order chi connectivity index (χ0) is 18.0. The van der Waals surface area contributed by atoms with Crippen molar-refractivity contribution in [3.05, 3.63) is 30.1 Å². The van der Waals surface area contributed by atoms with E-state index >= 15 is 0 Å². The number of para-hydroxylation sites is 2. The Morgan fingerprint density at radius 3 is 2.72 bits per heavy atom. The highest BCUT2D eigenvalue weighted by molar-refractivity contribution is 7.89. The van der Waals surface area contributed by atoms with Crippen molar-refractivity contribution in [1.29, 1.82) is 0 Å². The predicted molar refractivity (Wildman–Crippen MR) is 97.8 cm³/mol. The summed E-state index contributed by atoms with van der Waals surface area (Å²) in [5.74, 6) is 0.634. The Labute approximate surface area is 148 Å². The van der Waals surface area contributed by atoms with Gasteiger partial charge in [0, 0.05) is 12.3 Å². The summed E-state index contributed by atoms with van der Waals surface area (Å²) in [5.41, 5.74) is 1.49. The van der Waals surface area contributed by atoms with E-state index in [-0.39, 0.29) is 24.2 Å². The van der Waals surface area contributed by atoms with Crippen molar-refractivity contribution in [3.8, 4) is 0 Å². The highest BCUT2D eigenvalue weighted by atomic mass is 32.2. The van der Waals surface area contributed by atoms with Gasteiger partial charge in [0.2, 0.25) is 5.91 Å². The van der Waals surface area contributed by atoms with Crippen LogP contribution < -0.4 is 5.32 Å². The molecule has 0 bridgehead atoms. The van der Waals surface area contributed by atoms with Crippen LogP contribution in [0.2, 0.25) is 0 Å². The molecule has 0 spiro atoms. The molecule has 1 fully saturated rings. The van der Waals surface area contributed by atoms with E-state index in [1.807, 2.05) is 24.3 Å². The fourth-order valence-corrected chi connectivity index (χ4v) is 4.26. The fourth-order valence-electron chi connectivity index (χ4n) is 3.57. The number of nitrogens with one attached hydrogen (secondary N) is 1. The number of fused-ring (bicyclic) bond motifs is 1. The standard InChI is InChI=1S/C18H25N3O3S/c1-13-7-3-4-8-14(13)20-18(22)11-21-16-10-6-5-9-15(16)19-17(21)12-25(2,23)24/h5-6,9-10,13-14H,3-4,7-8,11-12H2,1-2H3,(H,20,22). The van der Waals surface area contributed by atoms with Gasteiger partial charge in [0.05, 0.1) is 11.0 Å². The van der Waals surface area contributed by atoms with Crippen LogP contribution in [0.25, 0.3) is 11.0 Å². The van der Waals surface area contributed by atoms with E-state index in [1.165, 1.54) is 12.7 Å². The van der Waals surface area contributed by atoms with Crippen LogP contribution in [-0.4, -0.2) is 36.2 Å². The van der Waals surface area contributed by atoms with Gasteiger partial charge >= 0.3 is 0 Å². The summed E-state index contributed by atoms with van der Waals surface area (Å²) in [6.07, 6.45) is 5.69. The Morgan fingerprint density at radius 1 is 1.28 bits per heavy atom. The van der Waals surface area contributed by atoms with Gasteiger partial charge in [-0.1, -0.05) is 31.9 Å². The molecule has 0 radical (unpaired) electrons. The highest BCUT2D eigenvalue weighted by Crippen LogP contribution is 2.24. The first kappa shape index (κ1) is 17.9. The molecule has 2 unspecified atom stereocenters. The monoisotopic (exact) mass is 363 g/mol. The minimum Gasteiger partial charge on any atom is -0.352 e. The number of sulfone groups is 1. The van der Waals surface area contributed by atoms with Gasteiger partial charge in [-0.2, -0.15) is 0 Å². The van der Waals surface area contributed by atoms with Crippen LogP contribution in [0.1, 0.15) is 38.4 Å². The van der Waals surface area contributed by atoms with Crippen molar-refractivity contribution in [1.82, 2.24) is 14.9 Å². The van der Waals surface area contributed by atoms with Crippen molar-refractivity contribution in [2.45, 2.75) is 50.9 Å². The number of carbonyl (C=O) groups excluding carboxylic acids is 1. The van der Waals surface area contributed by atoms with Gasteiger partial charge in [-0.3, -0.25) is 4.79 Å². The summed E-state index contributed by atoms with van der Waals surface area (Å²) in [7, 11) is -3.23. The predicted octanol–water partition coefficient (Wildman–Crippen LogP) is 2.28. The van der Waals surface area contributed by atoms with Crippen LogP contribution in [-0.2, 0) is 26.9 Å². The second kappa shape index (κ2) is 7.15. The van der Waals surface area contributed by atoms with Crippen LogP contribution in [0.5, 0.6) is 0 Å². The lowest BCUT2D eigenvalue weighted by molar-refractivity contribution is -0.122. The average molecular weight is 363 g/mol. The topological polar surface area (TPSA) is 81.1 Å². The molecule has 0 saturated heterocycles. The third-order valence-corrected chi connectivity index (χ3v) is 5.67. The van der Waals surface area contributed by atoms with E-state index in [0.717, 1.165) is 24.8 Å². The Bertz CT molecular complexity index is 873. The summed E-state index contributed by atoms with van der Waals surface area (Å²) < 4.78 is 25.2. The molecule has 1 aromatic carbocycles. The SMILES string of the molecule is CC1CCCCC1NC(=O)Cn1c(CS(C)(=O)=O)nc2ccccc21. The van der Waals surface area contributed by atoms with Gasteiger partial charge in [0.15, 0.2) is 9.84 Å². The summed E-state index contributed by atoms with van der Waals surface area (Å²) in [6.45, 7) is 2.26. The molecule has 2 atom stereocenters. The van der Waals surface area contributed by atoms with Crippen molar-refractivity contribution in [2.24, 2.45) is 5.92 Å². The molecule has 1 aromatic heterocycles. The minimum atomic E-state index is -3.23. The van der Waals surface area contributed by atoms with E-state index in [0.29, 0.717) is 17.3 Å². The van der Waals surface area contributed by atoms with E-state index in [2.05, 4.69) is 17.2 Å². The number of rotatable bonds is 5. The molecule has 1 amide bonds. The zero-order valence-electron chi connectivity index (χ0n) is 14.7. The van der Waals surface area contributed by atoms with Crippen LogP contribution in [0, 0.1) is 5.92 Å². The Morgan fingerprint density at radius 2 is 2.00 bits per heavy atom. The van der Waals surface area contributed by atoms with E-state index in [1.54, 1.807) is 4.57 Å². The first-order chi connectivity index (χ1) is 11.8. The molecular formula is C18H25N3O3S. The summed E-state index contributed by atoms with van der Waals surface area (Å²) in [6, 6.07) is 7.62. The summed E-state index contributed by atoms with van der Waals surface area (Å²) >= 11 is 0. The first-order valence-electron chi connectivity index (χ1n) is 8.75. The maximum absolute atomic E-state index is 12.6. The maximum Gasteiger partial charge on any atom is 0.240 e. The first-order valence-corrected chi connectivity index (χ1v) is 10.8. The van der Waals surface area contributed by atoms with Gasteiger partial charge in [-0.25, -0.2) is 13.4 Å². The quantitative estimate of drug-likeness (QED) is 0.884. The van der Waals surface area contributed by atoms with Crippen LogP contribution in [0.15, 0.2) is 24.3 Å². The third-order valence-electron chi connectivity index (χ3n) is 4.88. The fraction of sp³-hybridized carbons (Fsp3) is 0.556. The second-order valence-electron chi connectivity index (χ2n) is 7.11. The van der Waals surface area contributed by atoms with E-state index in [4.69, 9.17) is 0 Å². The molecule has 3 rings (SSSR count). The molecule has 1 N–H and O–H groups in total. The second-order valence-corrected chi connectivity index (χ2v) is 9.25. The molecule has 1 aliphatic carbocycles. The zero-order valence-corrected chi connectivity index (χ0v) is 15.6. The van der Waals surface area contributed by atoms with Gasteiger partial charge in [0.25, 0.3) is 0 Å². The molecule has 7 heteroatoms. The molecule has 6 nitrogen and oxygen atoms in total.